The molecule has 0 spiro atoms. The van der Waals surface area contributed by atoms with Crippen molar-refractivity contribution < 1.29 is 0 Å². The fraction of sp³-hybridized carbons (Fsp3) is 0.875. The molecule has 0 aliphatic heterocycles. The van der Waals surface area contributed by atoms with Crippen LogP contribution in [0.15, 0.2) is 12.2 Å². The maximum atomic E-state index is 3.43. The molecule has 0 aromatic heterocycles. The van der Waals surface area contributed by atoms with Gasteiger partial charge in [0.2, 0.25) is 0 Å². The van der Waals surface area contributed by atoms with Crippen LogP contribution >= 0.6 is 0 Å². The van der Waals surface area contributed by atoms with Gasteiger partial charge in [-0.3, -0.25) is 0 Å². The Morgan fingerprint density at radius 2 is 1.76 bits per heavy atom. The lowest BCUT2D eigenvalue weighted by Crippen LogP contribution is -2.26. The summed E-state index contributed by atoms with van der Waals surface area (Å²) in [6.07, 6.45) is 10.4. The van der Waals surface area contributed by atoms with Crippen molar-refractivity contribution in [3.63, 3.8) is 0 Å². The highest BCUT2D eigenvalue weighted by molar-refractivity contribution is 4.97. The van der Waals surface area contributed by atoms with Gasteiger partial charge >= 0.3 is 0 Å². The van der Waals surface area contributed by atoms with E-state index in [1.54, 1.807) is 0 Å². The summed E-state index contributed by atoms with van der Waals surface area (Å²) in [7, 11) is 0. The summed E-state index contributed by atoms with van der Waals surface area (Å²) < 4.78 is 0. The van der Waals surface area contributed by atoms with Crippen molar-refractivity contribution in [3.8, 4) is 0 Å². The van der Waals surface area contributed by atoms with Gasteiger partial charge < -0.3 is 5.32 Å². The lowest BCUT2D eigenvalue weighted by atomic mass is 9.70. The summed E-state index contributed by atoms with van der Waals surface area (Å²) in [4.78, 5) is 0. The van der Waals surface area contributed by atoms with Gasteiger partial charge in [0.15, 0.2) is 0 Å². The minimum atomic E-state index is 0.506. The van der Waals surface area contributed by atoms with E-state index >= 15 is 0 Å². The van der Waals surface area contributed by atoms with E-state index in [2.05, 4.69) is 52.1 Å². The topological polar surface area (TPSA) is 12.0 Å². The largest absolute Gasteiger partial charge is 0.311 e. The lowest BCUT2D eigenvalue weighted by Gasteiger charge is -2.36. The molecule has 0 radical (unpaired) electrons. The monoisotopic (exact) mass is 237 g/mol. The van der Waals surface area contributed by atoms with Crippen molar-refractivity contribution in [2.45, 2.75) is 66.3 Å². The summed E-state index contributed by atoms with van der Waals surface area (Å²) in [5, 5.41) is 3.43. The van der Waals surface area contributed by atoms with E-state index in [4.69, 9.17) is 0 Å². The van der Waals surface area contributed by atoms with E-state index in [0.717, 1.165) is 18.4 Å². The van der Waals surface area contributed by atoms with Crippen LogP contribution in [0.1, 0.15) is 60.3 Å². The van der Waals surface area contributed by atoms with Gasteiger partial charge in [-0.2, -0.15) is 0 Å². The molecule has 1 aliphatic rings. The predicted molar refractivity (Wildman–Crippen MR) is 77.2 cm³/mol. The molecule has 1 nitrogen and oxygen atoms in total. The predicted octanol–water partition coefficient (Wildman–Crippen LogP) is 4.39. The van der Waals surface area contributed by atoms with Crippen LogP contribution in [0.25, 0.3) is 0 Å². The first-order valence-corrected chi connectivity index (χ1v) is 7.35. The Hall–Kier alpha value is -0.300. The van der Waals surface area contributed by atoms with Gasteiger partial charge in [-0.05, 0) is 56.4 Å². The number of nitrogens with one attached hydrogen (secondary N) is 1. The number of rotatable bonds is 4. The maximum absolute atomic E-state index is 3.43. The first kappa shape index (κ1) is 14.8. The van der Waals surface area contributed by atoms with Gasteiger partial charge in [0, 0.05) is 6.04 Å². The summed E-state index contributed by atoms with van der Waals surface area (Å²) in [6, 6.07) is 0.528. The molecule has 0 aromatic carbocycles. The number of likely N-dealkylation sites (N-methyl/N-ethyl adjacent to an activating group) is 1. The Bertz CT molecular complexity index is 228. The van der Waals surface area contributed by atoms with Crippen LogP contribution in [-0.4, -0.2) is 12.6 Å². The minimum absolute atomic E-state index is 0.506. The van der Waals surface area contributed by atoms with E-state index in [0.29, 0.717) is 11.5 Å². The van der Waals surface area contributed by atoms with E-state index in [1.165, 1.54) is 25.7 Å². The number of hydrogen-bond acceptors (Lipinski definition) is 1. The second-order valence-corrected chi connectivity index (χ2v) is 6.71. The van der Waals surface area contributed by atoms with Crippen molar-refractivity contribution in [2.75, 3.05) is 6.54 Å². The van der Waals surface area contributed by atoms with Gasteiger partial charge in [0.1, 0.15) is 0 Å². The van der Waals surface area contributed by atoms with Gasteiger partial charge in [0.25, 0.3) is 0 Å². The van der Waals surface area contributed by atoms with Crippen molar-refractivity contribution in [1.29, 1.82) is 0 Å². The van der Waals surface area contributed by atoms with E-state index in [9.17, 15) is 0 Å². The zero-order valence-corrected chi connectivity index (χ0v) is 12.4. The normalized spacial score (nSPS) is 28.5. The molecule has 1 N–H and O–H groups in total. The molecule has 0 aromatic rings. The highest BCUT2D eigenvalue weighted by atomic mass is 14.9. The molecule has 1 rings (SSSR count). The highest BCUT2D eigenvalue weighted by Gasteiger charge is 2.28. The van der Waals surface area contributed by atoms with Crippen LogP contribution in [0.5, 0.6) is 0 Å². The highest BCUT2D eigenvalue weighted by Crippen LogP contribution is 2.40. The average molecular weight is 237 g/mol. The van der Waals surface area contributed by atoms with E-state index < -0.39 is 0 Å². The van der Waals surface area contributed by atoms with E-state index in [-0.39, 0.29) is 0 Å². The third-order valence-corrected chi connectivity index (χ3v) is 4.19. The smallest absolute Gasteiger partial charge is 0.0221 e. The molecule has 100 valence electrons. The van der Waals surface area contributed by atoms with Crippen molar-refractivity contribution in [2.24, 2.45) is 17.3 Å². The molecule has 1 fully saturated rings. The van der Waals surface area contributed by atoms with Gasteiger partial charge in [-0.25, -0.2) is 0 Å². The zero-order valence-electron chi connectivity index (χ0n) is 12.4. The molecule has 1 atom stereocenters. The summed E-state index contributed by atoms with van der Waals surface area (Å²) in [6.45, 7) is 12.6. The Balaban J connectivity index is 2.32. The zero-order chi connectivity index (χ0) is 12.9. The molecule has 1 saturated carbocycles. The molecule has 0 bridgehead atoms. The van der Waals surface area contributed by atoms with Crippen LogP contribution in [0.3, 0.4) is 0 Å². The molecule has 1 aliphatic carbocycles. The molecular formula is C16H31N. The number of allylic oxidation sites excluding steroid dienone is 1. The quantitative estimate of drug-likeness (QED) is 0.715. The average Bonchev–Trinajstić information content (AvgIpc) is 2.26. The fourth-order valence-corrected chi connectivity index (χ4v) is 2.89. The first-order chi connectivity index (χ1) is 7.93. The molecule has 1 unspecified atom stereocenters. The Morgan fingerprint density at radius 3 is 2.24 bits per heavy atom. The Kier molecular flexibility index (Phi) is 5.72. The molecular weight excluding hydrogens is 206 g/mol. The van der Waals surface area contributed by atoms with Crippen LogP contribution in [0.2, 0.25) is 0 Å². The van der Waals surface area contributed by atoms with Crippen LogP contribution < -0.4 is 5.32 Å². The first-order valence-electron chi connectivity index (χ1n) is 7.35. The molecule has 0 saturated heterocycles. The van der Waals surface area contributed by atoms with Crippen LogP contribution in [0, 0.1) is 17.3 Å². The minimum Gasteiger partial charge on any atom is -0.311 e. The summed E-state index contributed by atoms with van der Waals surface area (Å²) in [5.74, 6) is 1.76. The lowest BCUT2D eigenvalue weighted by molar-refractivity contribution is 0.163. The Labute approximate surface area is 108 Å². The second kappa shape index (κ2) is 6.58. The van der Waals surface area contributed by atoms with Crippen LogP contribution in [-0.2, 0) is 0 Å². The maximum Gasteiger partial charge on any atom is 0.0221 e. The van der Waals surface area contributed by atoms with Crippen molar-refractivity contribution >= 4 is 0 Å². The molecule has 1 heteroatoms. The van der Waals surface area contributed by atoms with E-state index in [1.807, 2.05) is 0 Å². The van der Waals surface area contributed by atoms with Crippen molar-refractivity contribution in [3.05, 3.63) is 12.2 Å². The third-order valence-electron chi connectivity index (χ3n) is 4.19. The summed E-state index contributed by atoms with van der Waals surface area (Å²) in [5.41, 5.74) is 0.506. The molecule has 0 amide bonds. The molecule has 0 heterocycles. The summed E-state index contributed by atoms with van der Waals surface area (Å²) >= 11 is 0. The SMILES string of the molecule is CCNC(C)/C=C/C1CCC(C(C)(C)C)CC1. The van der Waals surface area contributed by atoms with Gasteiger partial charge in [-0.1, -0.05) is 39.8 Å². The molecule has 17 heavy (non-hydrogen) atoms. The van der Waals surface area contributed by atoms with Gasteiger partial charge in [0.05, 0.1) is 0 Å². The Morgan fingerprint density at radius 1 is 1.18 bits per heavy atom. The van der Waals surface area contributed by atoms with Crippen LogP contribution in [0.4, 0.5) is 0 Å². The van der Waals surface area contributed by atoms with Gasteiger partial charge in [-0.15, -0.1) is 0 Å². The standard InChI is InChI=1S/C16H31N/c1-6-17-13(2)7-8-14-9-11-15(12-10-14)16(3,4)5/h7-8,13-15,17H,6,9-12H2,1-5H3/b8-7+. The second-order valence-electron chi connectivity index (χ2n) is 6.71. The van der Waals surface area contributed by atoms with Crippen molar-refractivity contribution in [1.82, 2.24) is 5.32 Å². The number of hydrogen-bond donors (Lipinski definition) is 1. The third kappa shape index (κ3) is 5.25. The fourth-order valence-electron chi connectivity index (χ4n) is 2.89.